The first-order chi connectivity index (χ1) is 20.3. The lowest BCUT2D eigenvalue weighted by Gasteiger charge is -2.25. The van der Waals surface area contributed by atoms with Gasteiger partial charge in [-0.1, -0.05) is 60.2 Å². The third-order valence-electron chi connectivity index (χ3n) is 6.16. The van der Waals surface area contributed by atoms with Gasteiger partial charge in [-0.3, -0.25) is 9.10 Å². The zero-order chi connectivity index (χ0) is 30.0. The predicted molar refractivity (Wildman–Crippen MR) is 163 cm³/mol. The largest absolute Gasteiger partial charge is 0.495 e. The van der Waals surface area contributed by atoms with Gasteiger partial charge in [0, 0.05) is 0 Å². The number of anilines is 1. The molecule has 0 radical (unpaired) electrons. The number of nitrogens with zero attached hydrogens (tertiary/aromatic N) is 2. The van der Waals surface area contributed by atoms with Crippen LogP contribution in [-0.4, -0.2) is 40.8 Å². The van der Waals surface area contributed by atoms with E-state index in [-0.39, 0.29) is 10.6 Å². The Morgan fingerprint density at radius 3 is 2.31 bits per heavy atom. The van der Waals surface area contributed by atoms with Gasteiger partial charge in [-0.15, -0.1) is 0 Å². The number of sulfonamides is 1. The Morgan fingerprint density at radius 1 is 0.881 bits per heavy atom. The molecule has 0 aliphatic heterocycles. The molecule has 0 aliphatic carbocycles. The summed E-state index contributed by atoms with van der Waals surface area (Å²) < 4.78 is 45.4. The lowest BCUT2D eigenvalue weighted by Crippen LogP contribution is -2.39. The Bertz CT molecular complexity index is 1620. The number of rotatable bonds is 13. The summed E-state index contributed by atoms with van der Waals surface area (Å²) in [6.45, 7) is 4.04. The van der Waals surface area contributed by atoms with Crippen LogP contribution in [0.1, 0.15) is 23.6 Å². The summed E-state index contributed by atoms with van der Waals surface area (Å²) in [6, 6.07) is 28.1. The van der Waals surface area contributed by atoms with Crippen LogP contribution in [0.5, 0.6) is 17.2 Å². The lowest BCUT2D eigenvalue weighted by molar-refractivity contribution is -0.119. The summed E-state index contributed by atoms with van der Waals surface area (Å²) in [5.41, 5.74) is 5.25. The molecule has 0 aromatic heterocycles. The molecule has 0 saturated heterocycles. The standard InChI is InChI=1S/C32H33N3O6S/c1-4-40-31-20-26(16-19-30(31)41-23-25-10-6-5-7-11-25)21-33-34-32(36)22-35(28-12-8-9-13-29(28)39-3)42(37,38)27-17-14-24(2)15-18-27/h5-21H,4,22-23H2,1-3H3,(H,34,36)/b33-21-. The highest BCUT2D eigenvalue weighted by Gasteiger charge is 2.29. The summed E-state index contributed by atoms with van der Waals surface area (Å²) in [6.07, 6.45) is 1.45. The Hall–Kier alpha value is -4.83. The van der Waals surface area contributed by atoms with Crippen LogP contribution in [0.25, 0.3) is 0 Å². The van der Waals surface area contributed by atoms with E-state index in [0.29, 0.717) is 36.0 Å². The number of ether oxygens (including phenoxy) is 3. The zero-order valence-electron chi connectivity index (χ0n) is 23.7. The van der Waals surface area contributed by atoms with Gasteiger partial charge in [0.25, 0.3) is 15.9 Å². The molecule has 0 fully saturated rings. The van der Waals surface area contributed by atoms with Crippen LogP contribution in [0.4, 0.5) is 5.69 Å². The SMILES string of the molecule is CCOc1cc(/C=N\NC(=O)CN(c2ccccc2OC)S(=O)(=O)c2ccc(C)cc2)ccc1OCc1ccccc1. The van der Waals surface area contributed by atoms with E-state index in [2.05, 4.69) is 10.5 Å². The smallest absolute Gasteiger partial charge is 0.264 e. The number of nitrogens with one attached hydrogen (secondary N) is 1. The van der Waals surface area contributed by atoms with E-state index in [0.717, 1.165) is 15.4 Å². The number of hydrogen-bond donors (Lipinski definition) is 1. The van der Waals surface area contributed by atoms with Crippen LogP contribution >= 0.6 is 0 Å². The third-order valence-corrected chi connectivity index (χ3v) is 7.93. The van der Waals surface area contributed by atoms with Crippen molar-refractivity contribution in [3.63, 3.8) is 0 Å². The minimum atomic E-state index is -4.11. The number of methoxy groups -OCH3 is 1. The van der Waals surface area contributed by atoms with E-state index in [4.69, 9.17) is 14.2 Å². The molecule has 4 aromatic rings. The van der Waals surface area contributed by atoms with Crippen LogP contribution in [0.15, 0.2) is 107 Å². The van der Waals surface area contributed by atoms with Gasteiger partial charge in [0.1, 0.15) is 18.9 Å². The summed E-state index contributed by atoms with van der Waals surface area (Å²) in [5, 5.41) is 4.05. The van der Waals surface area contributed by atoms with E-state index in [1.807, 2.05) is 44.2 Å². The fraction of sp³-hybridized carbons (Fsp3) is 0.188. The summed E-state index contributed by atoms with van der Waals surface area (Å²) >= 11 is 0. The van der Waals surface area contributed by atoms with Gasteiger partial charge in [-0.25, -0.2) is 13.8 Å². The average Bonchev–Trinajstić information content (AvgIpc) is 3.00. The van der Waals surface area contributed by atoms with E-state index in [1.165, 1.54) is 25.5 Å². The molecule has 0 unspecified atom stereocenters. The molecule has 0 heterocycles. The fourth-order valence-corrected chi connectivity index (χ4v) is 5.48. The second-order valence-corrected chi connectivity index (χ2v) is 11.1. The molecule has 218 valence electrons. The van der Waals surface area contributed by atoms with Crippen molar-refractivity contribution in [2.45, 2.75) is 25.3 Å². The molecule has 0 spiro atoms. The monoisotopic (exact) mass is 587 g/mol. The van der Waals surface area contributed by atoms with E-state index in [1.54, 1.807) is 54.6 Å². The molecule has 0 saturated carbocycles. The minimum absolute atomic E-state index is 0.0494. The van der Waals surface area contributed by atoms with Crippen molar-refractivity contribution in [3.05, 3.63) is 114 Å². The highest BCUT2D eigenvalue weighted by atomic mass is 32.2. The van der Waals surface area contributed by atoms with E-state index < -0.39 is 22.5 Å². The zero-order valence-corrected chi connectivity index (χ0v) is 24.5. The molecule has 4 aromatic carbocycles. The van der Waals surface area contributed by atoms with E-state index in [9.17, 15) is 13.2 Å². The number of hydrogen-bond acceptors (Lipinski definition) is 7. The number of hydrazone groups is 1. The number of benzene rings is 4. The van der Waals surface area contributed by atoms with Gasteiger partial charge in [0.2, 0.25) is 0 Å². The van der Waals surface area contributed by atoms with Gasteiger partial charge in [0.15, 0.2) is 11.5 Å². The molecule has 0 aliphatic rings. The minimum Gasteiger partial charge on any atom is -0.495 e. The Balaban J connectivity index is 1.50. The average molecular weight is 588 g/mol. The van der Waals surface area contributed by atoms with Crippen molar-refractivity contribution < 1.29 is 27.4 Å². The maximum atomic E-state index is 13.6. The number of carbonyl (C=O) groups excluding carboxylic acids is 1. The van der Waals surface area contributed by atoms with Crippen LogP contribution < -0.4 is 23.9 Å². The van der Waals surface area contributed by atoms with E-state index >= 15 is 0 Å². The van der Waals surface area contributed by atoms with Gasteiger partial charge in [0.05, 0.1) is 30.5 Å². The Labute approximate surface area is 246 Å². The first kappa shape index (κ1) is 30.1. The van der Waals surface area contributed by atoms with Crippen molar-refractivity contribution in [2.24, 2.45) is 5.10 Å². The molecule has 1 N–H and O–H groups in total. The van der Waals surface area contributed by atoms with Crippen LogP contribution in [0, 0.1) is 6.92 Å². The van der Waals surface area contributed by atoms with Crippen LogP contribution in [0.2, 0.25) is 0 Å². The molecule has 0 bridgehead atoms. The fourth-order valence-electron chi connectivity index (χ4n) is 4.05. The number of aryl methyl sites for hydroxylation is 1. The van der Waals surface area contributed by atoms with Gasteiger partial charge in [-0.2, -0.15) is 5.10 Å². The Kier molecular flexibility index (Phi) is 10.2. The second-order valence-electron chi connectivity index (χ2n) is 9.20. The maximum Gasteiger partial charge on any atom is 0.264 e. The van der Waals surface area contributed by atoms with Crippen molar-refractivity contribution in [3.8, 4) is 17.2 Å². The molecule has 10 heteroatoms. The first-order valence-electron chi connectivity index (χ1n) is 13.3. The maximum absolute atomic E-state index is 13.6. The molecule has 42 heavy (non-hydrogen) atoms. The highest BCUT2D eigenvalue weighted by Crippen LogP contribution is 2.32. The van der Waals surface area contributed by atoms with Crippen molar-refractivity contribution in [2.75, 3.05) is 24.6 Å². The summed E-state index contributed by atoms with van der Waals surface area (Å²) in [5.74, 6) is 0.786. The normalized spacial score (nSPS) is 11.2. The quantitative estimate of drug-likeness (QED) is 0.168. The molecule has 0 atom stereocenters. The third kappa shape index (κ3) is 7.67. The second kappa shape index (κ2) is 14.2. The van der Waals surface area contributed by atoms with Crippen molar-refractivity contribution in [1.82, 2.24) is 5.43 Å². The first-order valence-corrected chi connectivity index (χ1v) is 14.7. The van der Waals surface area contributed by atoms with Gasteiger partial charge in [-0.05, 0) is 67.4 Å². The Morgan fingerprint density at radius 2 is 1.60 bits per heavy atom. The summed E-state index contributed by atoms with van der Waals surface area (Å²) in [4.78, 5) is 13.0. The van der Waals surface area contributed by atoms with Crippen molar-refractivity contribution in [1.29, 1.82) is 0 Å². The number of amides is 1. The topological polar surface area (TPSA) is 107 Å². The molecule has 4 rings (SSSR count). The van der Waals surface area contributed by atoms with Crippen LogP contribution in [0.3, 0.4) is 0 Å². The number of para-hydroxylation sites is 2. The number of carbonyl (C=O) groups is 1. The molecule has 9 nitrogen and oxygen atoms in total. The van der Waals surface area contributed by atoms with Gasteiger partial charge >= 0.3 is 0 Å². The van der Waals surface area contributed by atoms with Crippen LogP contribution in [-0.2, 0) is 21.4 Å². The highest BCUT2D eigenvalue weighted by molar-refractivity contribution is 7.92. The molecular formula is C32H33N3O6S. The lowest BCUT2D eigenvalue weighted by atomic mass is 10.2. The van der Waals surface area contributed by atoms with Crippen molar-refractivity contribution >= 4 is 27.8 Å². The predicted octanol–water partition coefficient (Wildman–Crippen LogP) is 5.33. The van der Waals surface area contributed by atoms with Gasteiger partial charge < -0.3 is 14.2 Å². The molecular weight excluding hydrogens is 554 g/mol. The summed E-state index contributed by atoms with van der Waals surface area (Å²) in [7, 11) is -2.67. The molecule has 1 amide bonds.